The minimum Gasteiger partial charge on any atom is -0.355 e. The second-order valence-corrected chi connectivity index (χ2v) is 9.33. The molecule has 10 heteroatoms. The maximum absolute atomic E-state index is 12.7. The number of nitrogens with zero attached hydrogens (tertiary/aromatic N) is 1. The standard InChI is InChI=1S/C15H24N4O4S2/c1-11-6-7-13(24-11)25(22,23)19-10-4-5-12(19)14(20)17-8-2-3-9-18-15(16)21/h6-7,12H,2-5,8-10H2,1H3,(H,17,20)(H3,16,18,21)/t12-/m0/s1. The number of nitrogens with two attached hydrogens (primary N) is 1. The third-order valence-corrected chi connectivity index (χ3v) is 7.36. The minimum atomic E-state index is -3.63. The van der Waals surface area contributed by atoms with Crippen LogP contribution in [0.2, 0.25) is 0 Å². The summed E-state index contributed by atoms with van der Waals surface area (Å²) < 4.78 is 27.1. The number of urea groups is 1. The van der Waals surface area contributed by atoms with Gasteiger partial charge in [-0.1, -0.05) is 0 Å². The highest BCUT2D eigenvalue weighted by Gasteiger charge is 2.39. The van der Waals surface area contributed by atoms with Gasteiger partial charge >= 0.3 is 6.03 Å². The third-order valence-electron chi connectivity index (χ3n) is 3.99. The monoisotopic (exact) mass is 388 g/mol. The lowest BCUT2D eigenvalue weighted by Crippen LogP contribution is -2.46. The van der Waals surface area contributed by atoms with Crippen molar-refractivity contribution in [3.8, 4) is 0 Å². The molecule has 0 unspecified atom stereocenters. The van der Waals surface area contributed by atoms with Crippen LogP contribution in [0.5, 0.6) is 0 Å². The van der Waals surface area contributed by atoms with Gasteiger partial charge in [-0.15, -0.1) is 11.3 Å². The number of rotatable bonds is 8. The first-order valence-corrected chi connectivity index (χ1v) is 10.5. The Balaban J connectivity index is 1.88. The predicted molar refractivity (Wildman–Crippen MR) is 95.8 cm³/mol. The van der Waals surface area contributed by atoms with E-state index < -0.39 is 22.1 Å². The number of unbranched alkanes of at least 4 members (excludes halogenated alkanes) is 1. The molecule has 0 spiro atoms. The quantitative estimate of drug-likeness (QED) is 0.570. The van der Waals surface area contributed by atoms with E-state index in [4.69, 9.17) is 5.73 Å². The summed E-state index contributed by atoms with van der Waals surface area (Å²) in [5.74, 6) is -0.266. The topological polar surface area (TPSA) is 122 Å². The van der Waals surface area contributed by atoms with Gasteiger partial charge in [0.05, 0.1) is 0 Å². The van der Waals surface area contributed by atoms with Gasteiger partial charge in [-0.25, -0.2) is 13.2 Å². The Morgan fingerprint density at radius 1 is 1.28 bits per heavy atom. The number of hydrogen-bond acceptors (Lipinski definition) is 5. The molecule has 140 valence electrons. The first-order chi connectivity index (χ1) is 11.8. The summed E-state index contributed by atoms with van der Waals surface area (Å²) in [6, 6.07) is 2.13. The zero-order valence-corrected chi connectivity index (χ0v) is 15.8. The van der Waals surface area contributed by atoms with Crippen LogP contribution in [0, 0.1) is 6.92 Å². The van der Waals surface area contributed by atoms with E-state index in [2.05, 4.69) is 10.6 Å². The number of aryl methyl sites for hydroxylation is 1. The zero-order chi connectivity index (χ0) is 18.4. The number of carbonyl (C=O) groups is 2. The third kappa shape index (κ3) is 5.16. The maximum Gasteiger partial charge on any atom is 0.312 e. The summed E-state index contributed by atoms with van der Waals surface area (Å²) in [4.78, 5) is 23.8. The second kappa shape index (κ2) is 8.63. The van der Waals surface area contributed by atoms with Crippen LogP contribution in [0.25, 0.3) is 0 Å². The van der Waals surface area contributed by atoms with E-state index in [9.17, 15) is 18.0 Å². The summed E-state index contributed by atoms with van der Waals surface area (Å²) in [5.41, 5.74) is 4.96. The van der Waals surface area contributed by atoms with Crippen LogP contribution in [-0.4, -0.2) is 50.3 Å². The SMILES string of the molecule is Cc1ccc(S(=O)(=O)N2CCC[C@H]2C(=O)NCCCCNC(N)=O)s1. The molecule has 2 rings (SSSR count). The van der Waals surface area contributed by atoms with Crippen LogP contribution in [0.4, 0.5) is 4.79 Å². The smallest absolute Gasteiger partial charge is 0.312 e. The van der Waals surface area contributed by atoms with Gasteiger partial charge in [0, 0.05) is 24.5 Å². The minimum absolute atomic E-state index is 0.266. The van der Waals surface area contributed by atoms with E-state index in [-0.39, 0.29) is 10.1 Å². The predicted octanol–water partition coefficient (Wildman–Crippen LogP) is 0.774. The van der Waals surface area contributed by atoms with Crippen molar-refractivity contribution in [3.63, 3.8) is 0 Å². The molecule has 1 aliphatic rings. The van der Waals surface area contributed by atoms with E-state index in [0.717, 1.165) is 4.88 Å². The highest BCUT2D eigenvalue weighted by atomic mass is 32.2. The number of thiophene rings is 1. The summed E-state index contributed by atoms with van der Waals surface area (Å²) in [6.07, 6.45) is 2.56. The zero-order valence-electron chi connectivity index (χ0n) is 14.2. The Bertz CT molecular complexity index is 717. The molecule has 0 radical (unpaired) electrons. The summed E-state index contributed by atoms with van der Waals surface area (Å²) in [6.45, 7) is 3.10. The molecule has 1 atom stereocenters. The molecule has 1 aromatic rings. The summed E-state index contributed by atoms with van der Waals surface area (Å²) in [7, 11) is -3.63. The molecule has 0 aromatic carbocycles. The Labute approximate surface area is 151 Å². The van der Waals surface area contributed by atoms with Crippen molar-refractivity contribution in [2.75, 3.05) is 19.6 Å². The van der Waals surface area contributed by atoms with Crippen molar-refractivity contribution in [2.24, 2.45) is 5.73 Å². The summed E-state index contributed by atoms with van der Waals surface area (Å²) in [5, 5.41) is 5.26. The molecule has 1 aliphatic heterocycles. The highest BCUT2D eigenvalue weighted by molar-refractivity contribution is 7.91. The van der Waals surface area contributed by atoms with Gasteiger partial charge in [0.25, 0.3) is 10.0 Å². The van der Waals surface area contributed by atoms with E-state index in [0.29, 0.717) is 45.3 Å². The largest absolute Gasteiger partial charge is 0.355 e. The fraction of sp³-hybridized carbons (Fsp3) is 0.600. The van der Waals surface area contributed by atoms with Crippen molar-refractivity contribution >= 4 is 33.3 Å². The highest BCUT2D eigenvalue weighted by Crippen LogP contribution is 2.30. The first-order valence-electron chi connectivity index (χ1n) is 8.21. The first kappa shape index (κ1) is 19.7. The van der Waals surface area contributed by atoms with Crippen LogP contribution >= 0.6 is 11.3 Å². The summed E-state index contributed by atoms with van der Waals surface area (Å²) >= 11 is 1.22. The lowest BCUT2D eigenvalue weighted by atomic mass is 10.2. The average molecular weight is 389 g/mol. The number of nitrogens with one attached hydrogen (secondary N) is 2. The van der Waals surface area contributed by atoms with E-state index in [1.54, 1.807) is 12.1 Å². The number of amides is 3. The number of carbonyl (C=O) groups excluding carboxylic acids is 2. The molecular weight excluding hydrogens is 364 g/mol. The van der Waals surface area contributed by atoms with Gasteiger partial charge in [-0.05, 0) is 44.7 Å². The lowest BCUT2D eigenvalue weighted by molar-refractivity contribution is -0.124. The number of primary amides is 1. The van der Waals surface area contributed by atoms with Crippen molar-refractivity contribution < 1.29 is 18.0 Å². The molecule has 0 bridgehead atoms. The molecule has 3 amide bonds. The maximum atomic E-state index is 12.7. The Morgan fingerprint density at radius 2 is 1.96 bits per heavy atom. The van der Waals surface area contributed by atoms with Gasteiger partial charge in [-0.2, -0.15) is 4.31 Å². The second-order valence-electron chi connectivity index (χ2n) is 5.93. The molecule has 25 heavy (non-hydrogen) atoms. The number of hydrogen-bond donors (Lipinski definition) is 3. The Hall–Kier alpha value is -1.65. The van der Waals surface area contributed by atoms with Gasteiger partial charge < -0.3 is 16.4 Å². The molecule has 0 aliphatic carbocycles. The molecule has 1 fully saturated rings. The van der Waals surface area contributed by atoms with E-state index in [1.807, 2.05) is 6.92 Å². The molecule has 4 N–H and O–H groups in total. The molecule has 0 saturated carbocycles. The van der Waals surface area contributed by atoms with Crippen molar-refractivity contribution in [2.45, 2.75) is 42.9 Å². The van der Waals surface area contributed by atoms with Crippen LogP contribution < -0.4 is 16.4 Å². The van der Waals surface area contributed by atoms with Gasteiger partial charge in [0.1, 0.15) is 10.3 Å². The van der Waals surface area contributed by atoms with Gasteiger partial charge in [0.2, 0.25) is 5.91 Å². The average Bonchev–Trinajstić information content (AvgIpc) is 3.19. The molecule has 8 nitrogen and oxygen atoms in total. The fourth-order valence-electron chi connectivity index (χ4n) is 2.75. The molecule has 1 saturated heterocycles. The van der Waals surface area contributed by atoms with Gasteiger partial charge in [-0.3, -0.25) is 4.79 Å². The van der Waals surface area contributed by atoms with Crippen LogP contribution in [0.15, 0.2) is 16.3 Å². The van der Waals surface area contributed by atoms with E-state index in [1.165, 1.54) is 15.6 Å². The molecule has 2 heterocycles. The fourth-order valence-corrected chi connectivity index (χ4v) is 5.82. The van der Waals surface area contributed by atoms with Crippen LogP contribution in [0.3, 0.4) is 0 Å². The van der Waals surface area contributed by atoms with Crippen molar-refractivity contribution in [3.05, 3.63) is 17.0 Å². The lowest BCUT2D eigenvalue weighted by Gasteiger charge is -2.22. The van der Waals surface area contributed by atoms with Crippen molar-refractivity contribution in [1.82, 2.24) is 14.9 Å². The Morgan fingerprint density at radius 3 is 2.56 bits per heavy atom. The van der Waals surface area contributed by atoms with Gasteiger partial charge in [0.15, 0.2) is 0 Å². The van der Waals surface area contributed by atoms with Crippen LogP contribution in [0.1, 0.15) is 30.6 Å². The van der Waals surface area contributed by atoms with E-state index >= 15 is 0 Å². The number of sulfonamides is 1. The molecule has 1 aromatic heterocycles. The normalized spacial score (nSPS) is 18.2. The Kier molecular flexibility index (Phi) is 6.79. The van der Waals surface area contributed by atoms with Crippen molar-refractivity contribution in [1.29, 1.82) is 0 Å². The molecular formula is C15H24N4O4S2. The van der Waals surface area contributed by atoms with Crippen LogP contribution in [-0.2, 0) is 14.8 Å².